The Morgan fingerprint density at radius 3 is 2.32 bits per heavy atom. The van der Waals surface area contributed by atoms with Crippen molar-refractivity contribution < 1.29 is 9.59 Å². The number of aromatic nitrogens is 1. The second kappa shape index (κ2) is 8.23. The molecule has 1 N–H and O–H groups in total. The number of fused-ring (bicyclic) bond motifs is 1. The summed E-state index contributed by atoms with van der Waals surface area (Å²) in [7, 11) is 0. The average Bonchev–Trinajstić information content (AvgIpc) is 3.49. The van der Waals surface area contributed by atoms with Crippen LogP contribution in [0.4, 0.5) is 5.69 Å². The molecule has 1 spiro atoms. The van der Waals surface area contributed by atoms with Gasteiger partial charge in [-0.2, -0.15) is 0 Å². The molecule has 1 aliphatic heterocycles. The molecule has 2 heterocycles. The second-order valence-electron chi connectivity index (χ2n) is 10.5. The van der Waals surface area contributed by atoms with Crippen molar-refractivity contribution >= 4 is 28.4 Å². The van der Waals surface area contributed by atoms with Crippen molar-refractivity contribution in [1.82, 2.24) is 9.88 Å². The van der Waals surface area contributed by atoms with Crippen LogP contribution in [0.5, 0.6) is 0 Å². The summed E-state index contributed by atoms with van der Waals surface area (Å²) in [5.41, 5.74) is 8.05. The van der Waals surface area contributed by atoms with E-state index in [0.29, 0.717) is 13.1 Å². The minimum absolute atomic E-state index is 0.0418. The van der Waals surface area contributed by atoms with Crippen molar-refractivity contribution in [2.75, 3.05) is 18.4 Å². The second-order valence-corrected chi connectivity index (χ2v) is 10.5. The van der Waals surface area contributed by atoms with E-state index in [2.05, 4.69) is 31.3 Å². The van der Waals surface area contributed by atoms with Gasteiger partial charge in [0.2, 0.25) is 5.91 Å². The third-order valence-electron chi connectivity index (χ3n) is 7.91. The minimum atomic E-state index is 0.0418. The van der Waals surface area contributed by atoms with Gasteiger partial charge in [-0.1, -0.05) is 18.2 Å². The van der Waals surface area contributed by atoms with Crippen LogP contribution >= 0.6 is 0 Å². The highest BCUT2D eigenvalue weighted by Gasteiger charge is 2.58. The van der Waals surface area contributed by atoms with E-state index < -0.39 is 0 Å². The zero-order valence-electron chi connectivity index (χ0n) is 20.8. The molecule has 2 aliphatic rings. The molecular weight excluding hydrogens is 422 g/mol. The van der Waals surface area contributed by atoms with Crippen molar-refractivity contribution in [1.29, 1.82) is 0 Å². The fourth-order valence-electron chi connectivity index (χ4n) is 5.71. The number of benzene rings is 2. The first-order valence-corrected chi connectivity index (χ1v) is 12.2. The van der Waals surface area contributed by atoms with Gasteiger partial charge in [0.15, 0.2) is 0 Å². The molecule has 2 amide bonds. The molecule has 1 aliphatic carbocycles. The number of carbonyl (C=O) groups excluding carboxylic acids is 2. The zero-order chi connectivity index (χ0) is 24.2. The average molecular weight is 456 g/mol. The quantitative estimate of drug-likeness (QED) is 0.554. The number of aryl methyl sites for hydroxylation is 5. The Morgan fingerprint density at radius 2 is 1.65 bits per heavy atom. The summed E-state index contributed by atoms with van der Waals surface area (Å²) in [6.07, 6.45) is 2.68. The summed E-state index contributed by atoms with van der Waals surface area (Å²) in [5.74, 6) is 0.233. The third-order valence-corrected chi connectivity index (χ3v) is 7.91. The summed E-state index contributed by atoms with van der Waals surface area (Å²) in [6, 6.07) is 12.2. The van der Waals surface area contributed by atoms with Crippen LogP contribution in [0.1, 0.15) is 57.6 Å². The maximum Gasteiger partial charge on any atom is 0.254 e. The Hall–Kier alpha value is -3.21. The molecule has 176 valence electrons. The molecule has 1 atom stereocenters. The van der Waals surface area contributed by atoms with Gasteiger partial charge < -0.3 is 10.2 Å². The molecule has 2 aromatic carbocycles. The van der Waals surface area contributed by atoms with E-state index in [1.54, 1.807) is 0 Å². The number of hydrogen-bond acceptors (Lipinski definition) is 3. The monoisotopic (exact) mass is 455 g/mol. The van der Waals surface area contributed by atoms with E-state index in [-0.39, 0.29) is 23.1 Å². The van der Waals surface area contributed by atoms with Crippen LogP contribution in [0.15, 0.2) is 36.4 Å². The van der Waals surface area contributed by atoms with E-state index in [0.717, 1.165) is 63.8 Å². The fraction of sp³-hybridized carbons (Fsp3) is 0.414. The Balaban J connectivity index is 1.28. The van der Waals surface area contributed by atoms with E-state index in [4.69, 9.17) is 4.98 Å². The molecule has 34 heavy (non-hydrogen) atoms. The first-order valence-electron chi connectivity index (χ1n) is 12.2. The molecule has 1 aromatic heterocycles. The predicted octanol–water partition coefficient (Wildman–Crippen LogP) is 5.66. The van der Waals surface area contributed by atoms with Crippen molar-refractivity contribution in [2.24, 2.45) is 11.3 Å². The van der Waals surface area contributed by atoms with Crippen LogP contribution in [-0.4, -0.2) is 34.8 Å². The molecule has 3 aromatic rings. The van der Waals surface area contributed by atoms with Gasteiger partial charge in [-0.3, -0.25) is 14.6 Å². The van der Waals surface area contributed by atoms with Crippen LogP contribution in [0.3, 0.4) is 0 Å². The van der Waals surface area contributed by atoms with Gasteiger partial charge in [-0.25, -0.2) is 0 Å². The van der Waals surface area contributed by atoms with Gasteiger partial charge >= 0.3 is 0 Å². The zero-order valence-corrected chi connectivity index (χ0v) is 20.8. The number of hydrogen-bond donors (Lipinski definition) is 1. The molecule has 0 radical (unpaired) electrons. The molecule has 2 fully saturated rings. The highest BCUT2D eigenvalue weighted by atomic mass is 16.2. The summed E-state index contributed by atoms with van der Waals surface area (Å²) in [4.78, 5) is 33.2. The summed E-state index contributed by atoms with van der Waals surface area (Å²) >= 11 is 0. The number of nitrogens with zero attached hydrogens (tertiary/aromatic N) is 2. The number of anilines is 1. The smallest absolute Gasteiger partial charge is 0.254 e. The van der Waals surface area contributed by atoms with Crippen molar-refractivity contribution in [3.05, 3.63) is 69.9 Å². The fourth-order valence-corrected chi connectivity index (χ4v) is 5.71. The van der Waals surface area contributed by atoms with Crippen molar-refractivity contribution in [3.63, 3.8) is 0 Å². The largest absolute Gasteiger partial charge is 0.339 e. The first kappa shape index (κ1) is 22.6. The van der Waals surface area contributed by atoms with Crippen LogP contribution in [-0.2, 0) is 4.79 Å². The van der Waals surface area contributed by atoms with Crippen molar-refractivity contribution in [2.45, 2.75) is 53.9 Å². The molecule has 5 nitrogen and oxygen atoms in total. The predicted molar refractivity (Wildman–Crippen MR) is 136 cm³/mol. The Morgan fingerprint density at radius 1 is 0.971 bits per heavy atom. The third kappa shape index (κ3) is 3.97. The lowest BCUT2D eigenvalue weighted by Gasteiger charge is -2.33. The molecule has 0 bridgehead atoms. The molecule has 5 rings (SSSR count). The van der Waals surface area contributed by atoms with Gasteiger partial charge in [-0.05, 0) is 99.7 Å². The maximum absolute atomic E-state index is 13.5. The van der Waals surface area contributed by atoms with Crippen LogP contribution in [0.2, 0.25) is 0 Å². The summed E-state index contributed by atoms with van der Waals surface area (Å²) in [6.45, 7) is 11.6. The topological polar surface area (TPSA) is 62.3 Å². The highest BCUT2D eigenvalue weighted by Crippen LogP contribution is 2.59. The number of pyridine rings is 1. The minimum Gasteiger partial charge on any atom is -0.339 e. The number of likely N-dealkylation sites (tertiary alicyclic amines) is 1. The van der Waals surface area contributed by atoms with Gasteiger partial charge in [0, 0.05) is 35.8 Å². The summed E-state index contributed by atoms with van der Waals surface area (Å²) < 4.78 is 0. The first-order chi connectivity index (χ1) is 16.2. The lowest BCUT2D eigenvalue weighted by atomic mass is 9.90. The van der Waals surface area contributed by atoms with Gasteiger partial charge in [0.25, 0.3) is 5.91 Å². The van der Waals surface area contributed by atoms with Gasteiger partial charge in [0.1, 0.15) is 0 Å². The molecule has 1 saturated carbocycles. The molecular formula is C29H33N3O2. The Labute approximate surface area is 201 Å². The lowest BCUT2D eigenvalue weighted by Crippen LogP contribution is -2.40. The standard InChI is InChI=1S/C29H33N3O2/c1-17-12-18(2)14-22(13-17)31-27(33)25-16-29(25)8-10-32(11-9-29)28(34)24-15-20(4)30-26-21(5)19(3)6-7-23(24)26/h6-7,12-15,25H,8-11,16H2,1-5H3,(H,31,33). The maximum atomic E-state index is 13.5. The molecule has 1 unspecified atom stereocenters. The van der Waals surface area contributed by atoms with Crippen LogP contribution < -0.4 is 5.32 Å². The summed E-state index contributed by atoms with van der Waals surface area (Å²) in [5, 5.41) is 4.05. The van der Waals surface area contributed by atoms with E-state index >= 15 is 0 Å². The van der Waals surface area contributed by atoms with E-state index in [9.17, 15) is 9.59 Å². The Bertz CT molecular complexity index is 1300. The van der Waals surface area contributed by atoms with Crippen LogP contribution in [0, 0.1) is 46.0 Å². The number of amides is 2. The number of nitrogens with one attached hydrogen (secondary N) is 1. The SMILES string of the molecule is Cc1cc(C)cc(NC(=O)C2CC23CCN(C(=O)c2cc(C)nc4c(C)c(C)ccc24)CC3)c1. The molecule has 5 heteroatoms. The van der Waals surface area contributed by atoms with Gasteiger partial charge in [-0.15, -0.1) is 0 Å². The lowest BCUT2D eigenvalue weighted by molar-refractivity contribution is -0.118. The molecule has 1 saturated heterocycles. The highest BCUT2D eigenvalue weighted by molar-refractivity contribution is 6.07. The van der Waals surface area contributed by atoms with Crippen molar-refractivity contribution in [3.8, 4) is 0 Å². The van der Waals surface area contributed by atoms with Crippen LogP contribution in [0.25, 0.3) is 10.9 Å². The van der Waals surface area contributed by atoms with E-state index in [1.807, 2.05) is 49.9 Å². The normalized spacial score (nSPS) is 18.9. The number of carbonyl (C=O) groups is 2. The van der Waals surface area contributed by atoms with E-state index in [1.165, 1.54) is 5.56 Å². The van der Waals surface area contributed by atoms with Gasteiger partial charge in [0.05, 0.1) is 11.1 Å². The number of piperidine rings is 1. The number of rotatable bonds is 3. The Kier molecular flexibility index (Phi) is 5.46.